The molecule has 29 heavy (non-hydrogen) atoms. The molecule has 6 heteroatoms. The van der Waals surface area contributed by atoms with E-state index in [2.05, 4.69) is 42.3 Å². The van der Waals surface area contributed by atoms with Crippen molar-refractivity contribution in [3.05, 3.63) is 34.9 Å². The standard InChI is InChI=1S/C23H33N3O3/c1-23(2,16-25-7-9-29-10-8-25)22(28)26-14-19-6-5-18(11-20(19)15-26)13-24-21(27)12-17-3-4-17/h5-6,11,17H,3-4,7-10,12-16H2,1-2H3,(H,24,27). The second-order valence-electron chi connectivity index (χ2n) is 9.46. The number of carbonyl (C=O) groups is 2. The van der Waals surface area contributed by atoms with Crippen LogP contribution in [0.3, 0.4) is 0 Å². The molecule has 3 aliphatic rings. The highest BCUT2D eigenvalue weighted by Crippen LogP contribution is 2.32. The summed E-state index contributed by atoms with van der Waals surface area (Å²) in [6.45, 7) is 10.1. The van der Waals surface area contributed by atoms with Crippen LogP contribution in [0.15, 0.2) is 18.2 Å². The van der Waals surface area contributed by atoms with Crippen molar-refractivity contribution in [2.45, 2.75) is 52.7 Å². The zero-order chi connectivity index (χ0) is 20.4. The third-order valence-electron chi connectivity index (χ3n) is 6.24. The fourth-order valence-corrected chi connectivity index (χ4v) is 4.37. The number of ether oxygens (including phenoxy) is 1. The predicted molar refractivity (Wildman–Crippen MR) is 111 cm³/mol. The Balaban J connectivity index is 1.32. The lowest BCUT2D eigenvalue weighted by molar-refractivity contribution is -0.142. The Morgan fingerprint density at radius 1 is 1.14 bits per heavy atom. The number of hydrogen-bond acceptors (Lipinski definition) is 4. The van der Waals surface area contributed by atoms with Gasteiger partial charge in [-0.2, -0.15) is 0 Å². The van der Waals surface area contributed by atoms with Crippen LogP contribution in [0.4, 0.5) is 0 Å². The molecule has 4 rings (SSSR count). The van der Waals surface area contributed by atoms with Gasteiger partial charge < -0.3 is 15.0 Å². The van der Waals surface area contributed by atoms with Crippen LogP contribution in [-0.4, -0.2) is 54.5 Å². The average molecular weight is 400 g/mol. The summed E-state index contributed by atoms with van der Waals surface area (Å²) < 4.78 is 5.42. The molecule has 0 spiro atoms. The van der Waals surface area contributed by atoms with Crippen LogP contribution < -0.4 is 5.32 Å². The van der Waals surface area contributed by atoms with E-state index in [0.29, 0.717) is 32.0 Å². The molecule has 0 radical (unpaired) electrons. The number of benzene rings is 1. The van der Waals surface area contributed by atoms with E-state index < -0.39 is 5.41 Å². The third-order valence-corrected chi connectivity index (χ3v) is 6.24. The number of rotatable bonds is 7. The van der Waals surface area contributed by atoms with Crippen LogP contribution >= 0.6 is 0 Å². The van der Waals surface area contributed by atoms with Gasteiger partial charge in [0.2, 0.25) is 11.8 Å². The molecule has 0 aromatic heterocycles. The molecule has 1 N–H and O–H groups in total. The van der Waals surface area contributed by atoms with E-state index in [1.807, 2.05) is 4.90 Å². The van der Waals surface area contributed by atoms with Crippen molar-refractivity contribution in [1.29, 1.82) is 0 Å². The second-order valence-corrected chi connectivity index (χ2v) is 9.46. The molecule has 0 bridgehead atoms. The smallest absolute Gasteiger partial charge is 0.230 e. The number of hydrogen-bond donors (Lipinski definition) is 1. The minimum Gasteiger partial charge on any atom is -0.379 e. The largest absolute Gasteiger partial charge is 0.379 e. The Morgan fingerprint density at radius 3 is 2.59 bits per heavy atom. The van der Waals surface area contributed by atoms with E-state index in [0.717, 1.165) is 38.4 Å². The maximum atomic E-state index is 13.2. The lowest BCUT2D eigenvalue weighted by Gasteiger charge is -2.36. The van der Waals surface area contributed by atoms with Gasteiger partial charge in [0.15, 0.2) is 0 Å². The van der Waals surface area contributed by atoms with Crippen molar-refractivity contribution >= 4 is 11.8 Å². The Kier molecular flexibility index (Phi) is 5.93. The predicted octanol–water partition coefficient (Wildman–Crippen LogP) is 2.30. The summed E-state index contributed by atoms with van der Waals surface area (Å²) in [7, 11) is 0. The highest BCUT2D eigenvalue weighted by atomic mass is 16.5. The molecular formula is C23H33N3O3. The van der Waals surface area contributed by atoms with Gasteiger partial charge in [0.25, 0.3) is 0 Å². The summed E-state index contributed by atoms with van der Waals surface area (Å²) in [6, 6.07) is 6.33. The van der Waals surface area contributed by atoms with E-state index in [1.165, 1.54) is 24.0 Å². The van der Waals surface area contributed by atoms with Gasteiger partial charge in [0, 0.05) is 45.7 Å². The van der Waals surface area contributed by atoms with Gasteiger partial charge in [-0.3, -0.25) is 14.5 Å². The van der Waals surface area contributed by atoms with Crippen molar-refractivity contribution in [3.8, 4) is 0 Å². The Morgan fingerprint density at radius 2 is 1.86 bits per heavy atom. The van der Waals surface area contributed by atoms with Crippen molar-refractivity contribution < 1.29 is 14.3 Å². The monoisotopic (exact) mass is 399 g/mol. The highest BCUT2D eigenvalue weighted by molar-refractivity contribution is 5.83. The van der Waals surface area contributed by atoms with Crippen molar-refractivity contribution in [3.63, 3.8) is 0 Å². The third kappa shape index (κ3) is 5.17. The maximum absolute atomic E-state index is 13.2. The van der Waals surface area contributed by atoms with Crippen molar-refractivity contribution in [1.82, 2.24) is 15.1 Å². The molecule has 2 amide bonds. The van der Waals surface area contributed by atoms with Gasteiger partial charge in [0.05, 0.1) is 18.6 Å². The van der Waals surface area contributed by atoms with Gasteiger partial charge in [0.1, 0.15) is 0 Å². The fraction of sp³-hybridized carbons (Fsp3) is 0.652. The Labute approximate surface area is 173 Å². The summed E-state index contributed by atoms with van der Waals surface area (Å²) >= 11 is 0. The molecule has 2 heterocycles. The lowest BCUT2D eigenvalue weighted by atomic mass is 9.90. The van der Waals surface area contributed by atoms with E-state index in [-0.39, 0.29) is 11.8 Å². The minimum atomic E-state index is -0.418. The molecule has 6 nitrogen and oxygen atoms in total. The first-order valence-corrected chi connectivity index (χ1v) is 10.9. The first kappa shape index (κ1) is 20.4. The van der Waals surface area contributed by atoms with Gasteiger partial charge in [-0.05, 0) is 49.3 Å². The Bertz CT molecular complexity index is 767. The van der Waals surface area contributed by atoms with Crippen LogP contribution in [0.2, 0.25) is 0 Å². The minimum absolute atomic E-state index is 0.148. The average Bonchev–Trinajstić information content (AvgIpc) is 3.41. The van der Waals surface area contributed by atoms with Crippen LogP contribution in [-0.2, 0) is 34.0 Å². The summed E-state index contributed by atoms with van der Waals surface area (Å²) in [6.07, 6.45) is 3.04. The summed E-state index contributed by atoms with van der Waals surface area (Å²) in [4.78, 5) is 29.5. The van der Waals surface area contributed by atoms with E-state index in [1.54, 1.807) is 0 Å². The molecular weight excluding hydrogens is 366 g/mol. The zero-order valence-corrected chi connectivity index (χ0v) is 17.7. The molecule has 2 aliphatic heterocycles. The van der Waals surface area contributed by atoms with Gasteiger partial charge >= 0.3 is 0 Å². The van der Waals surface area contributed by atoms with Crippen LogP contribution in [0.25, 0.3) is 0 Å². The quantitative estimate of drug-likeness (QED) is 0.764. The molecule has 1 saturated heterocycles. The second kappa shape index (κ2) is 8.44. The molecule has 2 fully saturated rings. The van der Waals surface area contributed by atoms with Crippen molar-refractivity contribution in [2.24, 2.45) is 11.3 Å². The molecule has 1 aromatic rings. The number of morpholine rings is 1. The van der Waals surface area contributed by atoms with E-state index in [4.69, 9.17) is 4.74 Å². The molecule has 1 saturated carbocycles. The first-order valence-electron chi connectivity index (χ1n) is 10.9. The molecule has 1 aliphatic carbocycles. The summed E-state index contributed by atoms with van der Waals surface area (Å²) in [5, 5.41) is 3.03. The summed E-state index contributed by atoms with van der Waals surface area (Å²) in [5.41, 5.74) is 3.11. The zero-order valence-electron chi connectivity index (χ0n) is 17.7. The normalized spacial score (nSPS) is 19.9. The van der Waals surface area contributed by atoms with Crippen LogP contribution in [0, 0.1) is 11.3 Å². The Hall–Kier alpha value is -1.92. The lowest BCUT2D eigenvalue weighted by Crippen LogP contribution is -2.48. The number of carbonyl (C=O) groups excluding carboxylic acids is 2. The van der Waals surface area contributed by atoms with Crippen LogP contribution in [0.5, 0.6) is 0 Å². The van der Waals surface area contributed by atoms with Gasteiger partial charge in [-0.25, -0.2) is 0 Å². The summed E-state index contributed by atoms with van der Waals surface area (Å²) in [5.74, 6) is 0.963. The number of nitrogens with one attached hydrogen (secondary N) is 1. The van der Waals surface area contributed by atoms with Crippen molar-refractivity contribution in [2.75, 3.05) is 32.8 Å². The van der Waals surface area contributed by atoms with Gasteiger partial charge in [-0.15, -0.1) is 0 Å². The molecule has 1 aromatic carbocycles. The number of amides is 2. The van der Waals surface area contributed by atoms with E-state index in [9.17, 15) is 9.59 Å². The van der Waals surface area contributed by atoms with Crippen LogP contribution in [0.1, 0.15) is 49.8 Å². The van der Waals surface area contributed by atoms with E-state index >= 15 is 0 Å². The molecule has 158 valence electrons. The number of nitrogens with zero attached hydrogens (tertiary/aromatic N) is 2. The highest BCUT2D eigenvalue weighted by Gasteiger charge is 2.36. The first-order chi connectivity index (χ1) is 13.9. The maximum Gasteiger partial charge on any atom is 0.230 e. The van der Waals surface area contributed by atoms with Gasteiger partial charge in [-0.1, -0.05) is 18.2 Å². The number of fused-ring (bicyclic) bond motifs is 1. The molecule has 0 atom stereocenters. The topological polar surface area (TPSA) is 61.9 Å². The molecule has 0 unspecified atom stereocenters. The SMILES string of the molecule is CC(C)(CN1CCOCC1)C(=O)N1Cc2ccc(CNC(=O)CC3CC3)cc2C1. The fourth-order valence-electron chi connectivity index (χ4n) is 4.37.